The Morgan fingerprint density at radius 3 is 2.54 bits per heavy atom. The normalized spacial score (nSPS) is 15.3. The number of carbonyl (C=O) groups excluding carboxylic acids is 1. The molecule has 2 rings (SSSR count). The molecule has 0 saturated carbocycles. The molecule has 0 aromatic heterocycles. The van der Waals surface area contributed by atoms with Crippen LogP contribution in [0.2, 0.25) is 0 Å². The topological polar surface area (TPSA) is 64.6 Å². The Hall–Kier alpha value is -1.55. The average Bonchev–Trinajstić information content (AvgIpc) is 2.53. The Balaban J connectivity index is 1.99. The molecule has 0 fully saturated rings. The van der Waals surface area contributed by atoms with Crippen molar-refractivity contribution in [2.75, 3.05) is 6.61 Å². The van der Waals surface area contributed by atoms with Gasteiger partial charge in [-0.05, 0) is 30.2 Å². The molecule has 0 spiro atoms. The van der Waals surface area contributed by atoms with E-state index in [9.17, 15) is 9.36 Å². The highest BCUT2D eigenvalue weighted by Crippen LogP contribution is 2.50. The molecule has 26 heavy (non-hydrogen) atoms. The molecule has 7 heteroatoms. The third-order valence-electron chi connectivity index (χ3n) is 3.76. The van der Waals surface area contributed by atoms with E-state index in [0.717, 1.165) is 17.2 Å². The van der Waals surface area contributed by atoms with E-state index in [1.54, 1.807) is 19.1 Å². The van der Waals surface area contributed by atoms with E-state index in [1.807, 2.05) is 30.3 Å². The van der Waals surface area contributed by atoms with Gasteiger partial charge >= 0.3 is 12.8 Å². The van der Waals surface area contributed by atoms with Gasteiger partial charge < -0.3 is 9.26 Å². The first-order chi connectivity index (χ1) is 12.1. The van der Waals surface area contributed by atoms with Crippen molar-refractivity contribution in [3.05, 3.63) is 42.5 Å². The standard InChI is InChI=1S/C19H25ClNO4P/c1-14(18(22)24-13-12-19(2,3)4)21-26(20,23)25-17-11-7-9-15-8-5-6-10-16(15)17/h5-11,14H,12-13H2,1-4H3,(H,21,23). The van der Waals surface area contributed by atoms with Crippen LogP contribution in [0, 0.1) is 5.41 Å². The summed E-state index contributed by atoms with van der Waals surface area (Å²) in [6.07, 6.45) is 0.733. The minimum Gasteiger partial charge on any atom is -0.465 e. The van der Waals surface area contributed by atoms with Crippen molar-refractivity contribution < 1.29 is 18.6 Å². The number of esters is 1. The zero-order chi connectivity index (χ0) is 19.4. The summed E-state index contributed by atoms with van der Waals surface area (Å²) in [6.45, 7) is 4.26. The van der Waals surface area contributed by atoms with Gasteiger partial charge in [-0.3, -0.25) is 4.79 Å². The van der Waals surface area contributed by atoms with Gasteiger partial charge in [0.2, 0.25) is 0 Å². The second-order valence-corrected chi connectivity index (χ2v) is 10.1. The molecule has 0 heterocycles. The number of nitrogens with one attached hydrogen (secondary N) is 1. The van der Waals surface area contributed by atoms with Crippen LogP contribution in [-0.2, 0) is 14.1 Å². The molecule has 0 amide bonds. The summed E-state index contributed by atoms with van der Waals surface area (Å²) >= 11 is 6.03. The van der Waals surface area contributed by atoms with Gasteiger partial charge in [0.15, 0.2) is 0 Å². The number of fused-ring (bicyclic) bond motifs is 1. The van der Waals surface area contributed by atoms with Crippen LogP contribution in [0.5, 0.6) is 5.75 Å². The molecule has 0 bridgehead atoms. The highest BCUT2D eigenvalue weighted by Gasteiger charge is 2.28. The summed E-state index contributed by atoms with van der Waals surface area (Å²) in [5, 5.41) is 4.27. The lowest BCUT2D eigenvalue weighted by atomic mass is 9.93. The summed E-state index contributed by atoms with van der Waals surface area (Å²) in [7, 11) is 0. The minimum absolute atomic E-state index is 0.0657. The van der Waals surface area contributed by atoms with Crippen LogP contribution >= 0.6 is 18.1 Å². The van der Waals surface area contributed by atoms with E-state index in [1.165, 1.54) is 0 Å². The highest BCUT2D eigenvalue weighted by atomic mass is 35.7. The molecule has 142 valence electrons. The molecule has 0 aliphatic rings. The van der Waals surface area contributed by atoms with Crippen LogP contribution in [0.15, 0.2) is 42.5 Å². The Kier molecular flexibility index (Phi) is 6.73. The fourth-order valence-corrected chi connectivity index (χ4v) is 3.99. The molecular formula is C19H25ClNO4P. The maximum Gasteiger partial charge on any atom is 0.409 e. The summed E-state index contributed by atoms with van der Waals surface area (Å²) in [5.74, 6) is -0.126. The Morgan fingerprint density at radius 2 is 1.85 bits per heavy atom. The van der Waals surface area contributed by atoms with E-state index >= 15 is 0 Å². The summed E-state index contributed by atoms with van der Waals surface area (Å²) in [6, 6.07) is 12.1. The van der Waals surface area contributed by atoms with Crippen molar-refractivity contribution >= 4 is 34.9 Å². The smallest absolute Gasteiger partial charge is 0.409 e. The number of halogens is 1. The van der Waals surface area contributed by atoms with E-state index in [-0.39, 0.29) is 5.41 Å². The molecule has 2 unspecified atom stereocenters. The number of benzene rings is 2. The molecule has 0 saturated heterocycles. The largest absolute Gasteiger partial charge is 0.465 e. The predicted molar refractivity (Wildman–Crippen MR) is 106 cm³/mol. The van der Waals surface area contributed by atoms with Gasteiger partial charge in [-0.15, -0.1) is 0 Å². The molecule has 2 atom stereocenters. The van der Waals surface area contributed by atoms with Gasteiger partial charge in [-0.1, -0.05) is 57.2 Å². The molecule has 2 aromatic carbocycles. The van der Waals surface area contributed by atoms with Gasteiger partial charge in [0.25, 0.3) is 0 Å². The Bertz CT molecular complexity index is 813. The number of carbonyl (C=O) groups is 1. The van der Waals surface area contributed by atoms with Crippen molar-refractivity contribution in [2.24, 2.45) is 5.41 Å². The second-order valence-electron chi connectivity index (χ2n) is 7.38. The van der Waals surface area contributed by atoms with Crippen molar-refractivity contribution in [3.8, 4) is 5.75 Å². The lowest BCUT2D eigenvalue weighted by Gasteiger charge is -2.21. The van der Waals surface area contributed by atoms with Crippen LogP contribution in [0.3, 0.4) is 0 Å². The molecule has 0 aliphatic carbocycles. The zero-order valence-corrected chi connectivity index (χ0v) is 17.1. The SMILES string of the molecule is CC(NP(=O)(Cl)Oc1cccc2ccccc12)C(=O)OCCC(C)(C)C. The van der Waals surface area contributed by atoms with Crippen LogP contribution in [-0.4, -0.2) is 18.6 Å². The van der Waals surface area contributed by atoms with Gasteiger partial charge in [0.05, 0.1) is 6.61 Å². The summed E-state index contributed by atoms with van der Waals surface area (Å²) in [5.41, 5.74) is 0.0657. The number of ether oxygens (including phenoxy) is 1. The van der Waals surface area contributed by atoms with Gasteiger partial charge in [0, 0.05) is 16.6 Å². The molecule has 0 aliphatic heterocycles. The molecule has 0 radical (unpaired) electrons. The predicted octanol–water partition coefficient (Wildman–Crippen LogP) is 5.52. The van der Waals surface area contributed by atoms with Crippen LogP contribution < -0.4 is 9.61 Å². The molecule has 5 nitrogen and oxygen atoms in total. The Morgan fingerprint density at radius 1 is 1.19 bits per heavy atom. The first kappa shape index (κ1) is 20.8. The zero-order valence-electron chi connectivity index (χ0n) is 15.5. The third-order valence-corrected chi connectivity index (χ3v) is 5.39. The van der Waals surface area contributed by atoms with Crippen LogP contribution in [0.4, 0.5) is 0 Å². The lowest BCUT2D eigenvalue weighted by molar-refractivity contribution is -0.145. The fraction of sp³-hybridized carbons (Fsp3) is 0.421. The van der Waals surface area contributed by atoms with Crippen molar-refractivity contribution in [2.45, 2.75) is 40.2 Å². The van der Waals surface area contributed by atoms with Crippen LogP contribution in [0.1, 0.15) is 34.1 Å². The van der Waals surface area contributed by atoms with Gasteiger partial charge in [-0.2, -0.15) is 0 Å². The second kappa shape index (κ2) is 8.43. The average molecular weight is 398 g/mol. The third kappa shape index (κ3) is 6.31. The molecule has 1 N–H and O–H groups in total. The number of hydrogen-bond acceptors (Lipinski definition) is 4. The van der Waals surface area contributed by atoms with Gasteiger partial charge in [0.1, 0.15) is 11.8 Å². The minimum atomic E-state index is -3.77. The van der Waals surface area contributed by atoms with E-state index in [4.69, 9.17) is 20.5 Å². The molecular weight excluding hydrogens is 373 g/mol. The number of hydrogen-bond donors (Lipinski definition) is 1. The fourth-order valence-electron chi connectivity index (χ4n) is 2.29. The lowest BCUT2D eigenvalue weighted by Crippen LogP contribution is -2.33. The maximum atomic E-state index is 12.6. The van der Waals surface area contributed by atoms with E-state index in [0.29, 0.717) is 12.4 Å². The highest BCUT2D eigenvalue weighted by molar-refractivity contribution is 7.84. The maximum absolute atomic E-state index is 12.6. The first-order valence-corrected chi connectivity index (χ1v) is 11.0. The number of rotatable bonds is 7. The van der Waals surface area contributed by atoms with Crippen molar-refractivity contribution in [1.82, 2.24) is 5.09 Å². The summed E-state index contributed by atoms with van der Waals surface area (Å²) in [4.78, 5) is 12.1. The van der Waals surface area contributed by atoms with Gasteiger partial charge in [-0.25, -0.2) is 9.65 Å². The summed E-state index contributed by atoms with van der Waals surface area (Å²) < 4.78 is 23.3. The van der Waals surface area contributed by atoms with E-state index in [2.05, 4.69) is 25.9 Å². The van der Waals surface area contributed by atoms with Crippen molar-refractivity contribution in [3.63, 3.8) is 0 Å². The van der Waals surface area contributed by atoms with Crippen molar-refractivity contribution in [1.29, 1.82) is 0 Å². The van der Waals surface area contributed by atoms with Crippen LogP contribution in [0.25, 0.3) is 10.8 Å². The van der Waals surface area contributed by atoms with E-state index < -0.39 is 18.9 Å². The molecule has 2 aromatic rings. The quantitative estimate of drug-likeness (QED) is 0.492. The Labute approximate surface area is 159 Å². The first-order valence-electron chi connectivity index (χ1n) is 8.49. The monoisotopic (exact) mass is 397 g/mol.